The first-order valence-electron chi connectivity index (χ1n) is 7.08. The second-order valence-corrected chi connectivity index (χ2v) is 6.42. The molecule has 1 N–H and O–H groups in total. The summed E-state index contributed by atoms with van der Waals surface area (Å²) in [6.07, 6.45) is -0.976. The van der Waals surface area contributed by atoms with Gasteiger partial charge in [0.15, 0.2) is 0 Å². The fraction of sp³-hybridized carbons (Fsp3) is 0.500. The minimum Gasteiger partial charge on any atom is -0.444 e. The van der Waals surface area contributed by atoms with E-state index in [2.05, 4.69) is 0 Å². The Labute approximate surface area is 128 Å². The van der Waals surface area contributed by atoms with Gasteiger partial charge in [0, 0.05) is 0 Å². The molecule has 6 heteroatoms. The SMILES string of the molecule is CC(C)(C)OC(=O)N1C[C@H](O)CC1c1cc(F)cc(C#N)c1. The topological polar surface area (TPSA) is 73.6 Å². The summed E-state index contributed by atoms with van der Waals surface area (Å²) in [6.45, 7) is 5.38. The van der Waals surface area contributed by atoms with Gasteiger partial charge in [0.05, 0.1) is 30.3 Å². The molecule has 0 saturated carbocycles. The molecule has 1 aliphatic rings. The van der Waals surface area contributed by atoms with Gasteiger partial charge in [-0.05, 0) is 51.0 Å². The Bertz CT molecular complexity index is 619. The van der Waals surface area contributed by atoms with E-state index < -0.39 is 29.7 Å². The number of likely N-dealkylation sites (tertiary alicyclic amines) is 1. The largest absolute Gasteiger partial charge is 0.444 e. The Morgan fingerprint density at radius 3 is 2.73 bits per heavy atom. The lowest BCUT2D eigenvalue weighted by molar-refractivity contribution is 0.0206. The van der Waals surface area contributed by atoms with E-state index in [9.17, 15) is 14.3 Å². The number of aliphatic hydroxyl groups excluding tert-OH is 1. The van der Waals surface area contributed by atoms with Crippen LogP contribution in [0.5, 0.6) is 0 Å². The highest BCUT2D eigenvalue weighted by molar-refractivity contribution is 5.69. The van der Waals surface area contributed by atoms with E-state index >= 15 is 0 Å². The van der Waals surface area contributed by atoms with Gasteiger partial charge in [0.2, 0.25) is 0 Å². The summed E-state index contributed by atoms with van der Waals surface area (Å²) in [7, 11) is 0. The van der Waals surface area contributed by atoms with Crippen LogP contribution in [0.25, 0.3) is 0 Å². The molecule has 1 unspecified atom stereocenters. The van der Waals surface area contributed by atoms with Gasteiger partial charge in [0.1, 0.15) is 11.4 Å². The molecule has 0 aliphatic carbocycles. The van der Waals surface area contributed by atoms with Crippen LogP contribution in [0.15, 0.2) is 18.2 Å². The first-order valence-corrected chi connectivity index (χ1v) is 7.08. The number of amides is 1. The summed E-state index contributed by atoms with van der Waals surface area (Å²) in [6, 6.07) is 5.32. The molecule has 1 fully saturated rings. The summed E-state index contributed by atoms with van der Waals surface area (Å²) in [5.41, 5.74) is 0.00838. The molecule has 22 heavy (non-hydrogen) atoms. The molecule has 0 aromatic heterocycles. The maximum atomic E-state index is 13.6. The van der Waals surface area contributed by atoms with Crippen LogP contribution < -0.4 is 0 Å². The maximum Gasteiger partial charge on any atom is 0.410 e. The van der Waals surface area contributed by atoms with Gasteiger partial charge < -0.3 is 9.84 Å². The average molecular weight is 306 g/mol. The number of ether oxygens (including phenoxy) is 1. The van der Waals surface area contributed by atoms with Crippen LogP contribution >= 0.6 is 0 Å². The fourth-order valence-electron chi connectivity index (χ4n) is 2.52. The molecule has 1 heterocycles. The number of carbonyl (C=O) groups excluding carboxylic acids is 1. The van der Waals surface area contributed by atoms with Crippen LogP contribution in [-0.2, 0) is 4.74 Å². The van der Waals surface area contributed by atoms with Crippen LogP contribution in [0.1, 0.15) is 44.4 Å². The van der Waals surface area contributed by atoms with Gasteiger partial charge in [0.25, 0.3) is 0 Å². The summed E-state index contributed by atoms with van der Waals surface area (Å²) in [4.78, 5) is 13.6. The minimum atomic E-state index is -0.702. The molecule has 0 radical (unpaired) electrons. The zero-order valence-corrected chi connectivity index (χ0v) is 12.8. The molecule has 5 nitrogen and oxygen atoms in total. The summed E-state index contributed by atoms with van der Waals surface area (Å²) in [5, 5.41) is 18.8. The highest BCUT2D eigenvalue weighted by Gasteiger charge is 2.37. The standard InChI is InChI=1S/C16H19FN2O3/c1-16(2,3)22-15(21)19-9-13(20)7-14(19)11-4-10(8-18)5-12(17)6-11/h4-6,13-14,20H,7,9H2,1-3H3/t13-,14?/m1/s1. The summed E-state index contributed by atoms with van der Waals surface area (Å²) >= 11 is 0. The third-order valence-electron chi connectivity index (χ3n) is 3.34. The third kappa shape index (κ3) is 3.74. The van der Waals surface area contributed by atoms with Crippen molar-refractivity contribution in [1.82, 2.24) is 4.90 Å². The van der Waals surface area contributed by atoms with Crippen molar-refractivity contribution in [2.45, 2.75) is 44.9 Å². The van der Waals surface area contributed by atoms with Crippen molar-refractivity contribution < 1.29 is 19.0 Å². The number of nitriles is 1. The van der Waals surface area contributed by atoms with Gasteiger partial charge >= 0.3 is 6.09 Å². The number of β-amino-alcohol motifs (C(OH)–C–C–N with tert-alkyl or cyclic N) is 1. The average Bonchev–Trinajstić information content (AvgIpc) is 2.78. The number of hydrogen-bond donors (Lipinski definition) is 1. The minimum absolute atomic E-state index is 0.123. The third-order valence-corrected chi connectivity index (χ3v) is 3.34. The van der Waals surface area contributed by atoms with Gasteiger partial charge in [-0.2, -0.15) is 5.26 Å². The lowest BCUT2D eigenvalue weighted by Gasteiger charge is -2.28. The number of benzene rings is 1. The molecule has 118 valence electrons. The van der Waals surface area contributed by atoms with E-state index in [4.69, 9.17) is 10.00 Å². The number of aliphatic hydroxyl groups is 1. The van der Waals surface area contributed by atoms with Crippen molar-refractivity contribution in [3.05, 3.63) is 35.1 Å². The highest BCUT2D eigenvalue weighted by Crippen LogP contribution is 2.34. The molecule has 2 atom stereocenters. The number of halogens is 1. The number of nitrogens with zero attached hydrogens (tertiary/aromatic N) is 2. The van der Waals surface area contributed by atoms with Crippen LogP contribution in [0, 0.1) is 17.1 Å². The van der Waals surface area contributed by atoms with E-state index in [-0.39, 0.29) is 18.5 Å². The molecule has 1 aromatic carbocycles. The maximum absolute atomic E-state index is 13.6. The Morgan fingerprint density at radius 1 is 1.45 bits per heavy atom. The zero-order chi connectivity index (χ0) is 16.5. The molecule has 1 amide bonds. The predicted molar refractivity (Wildman–Crippen MR) is 77.4 cm³/mol. The normalized spacial score (nSPS) is 21.5. The van der Waals surface area contributed by atoms with Crippen molar-refractivity contribution in [1.29, 1.82) is 5.26 Å². The van der Waals surface area contributed by atoms with E-state index in [0.717, 1.165) is 6.07 Å². The molecule has 2 rings (SSSR count). The Morgan fingerprint density at radius 2 is 2.14 bits per heavy atom. The summed E-state index contributed by atoms with van der Waals surface area (Å²) < 4.78 is 18.9. The van der Waals surface area contributed by atoms with Crippen molar-refractivity contribution in [2.24, 2.45) is 0 Å². The molecule has 1 saturated heterocycles. The van der Waals surface area contributed by atoms with Crippen LogP contribution in [-0.4, -0.2) is 34.3 Å². The smallest absolute Gasteiger partial charge is 0.410 e. The van der Waals surface area contributed by atoms with Crippen LogP contribution in [0.2, 0.25) is 0 Å². The highest BCUT2D eigenvalue weighted by atomic mass is 19.1. The van der Waals surface area contributed by atoms with E-state index in [0.29, 0.717) is 5.56 Å². The fourth-order valence-corrected chi connectivity index (χ4v) is 2.52. The van der Waals surface area contributed by atoms with Gasteiger partial charge in [-0.25, -0.2) is 9.18 Å². The van der Waals surface area contributed by atoms with E-state index in [1.165, 1.54) is 17.0 Å². The number of hydrogen-bond acceptors (Lipinski definition) is 4. The Balaban J connectivity index is 2.30. The van der Waals surface area contributed by atoms with Crippen molar-refractivity contribution in [3.8, 4) is 6.07 Å². The Hall–Kier alpha value is -2.13. The van der Waals surface area contributed by atoms with E-state index in [1.807, 2.05) is 6.07 Å². The van der Waals surface area contributed by atoms with Crippen molar-refractivity contribution >= 4 is 6.09 Å². The molecule has 0 bridgehead atoms. The molecule has 1 aromatic rings. The zero-order valence-electron chi connectivity index (χ0n) is 12.8. The molecular formula is C16H19FN2O3. The lowest BCUT2D eigenvalue weighted by Crippen LogP contribution is -2.37. The first-order chi connectivity index (χ1) is 10.2. The first kappa shape index (κ1) is 16.2. The second kappa shape index (κ2) is 5.93. The van der Waals surface area contributed by atoms with Crippen LogP contribution in [0.3, 0.4) is 0 Å². The van der Waals surface area contributed by atoms with Crippen molar-refractivity contribution in [2.75, 3.05) is 6.54 Å². The predicted octanol–water partition coefficient (Wildman–Crippen LogP) is 2.74. The molecule has 0 spiro atoms. The van der Waals surface area contributed by atoms with Gasteiger partial charge in [-0.15, -0.1) is 0 Å². The second-order valence-electron chi connectivity index (χ2n) is 6.42. The van der Waals surface area contributed by atoms with Gasteiger partial charge in [-0.3, -0.25) is 4.90 Å². The summed E-state index contributed by atoms with van der Waals surface area (Å²) in [5.74, 6) is -0.542. The van der Waals surface area contributed by atoms with Crippen LogP contribution in [0.4, 0.5) is 9.18 Å². The monoisotopic (exact) mass is 306 g/mol. The number of rotatable bonds is 1. The quantitative estimate of drug-likeness (QED) is 0.866. The Kier molecular flexibility index (Phi) is 4.38. The van der Waals surface area contributed by atoms with E-state index in [1.54, 1.807) is 20.8 Å². The lowest BCUT2D eigenvalue weighted by atomic mass is 10.0. The van der Waals surface area contributed by atoms with Crippen molar-refractivity contribution in [3.63, 3.8) is 0 Å². The number of carbonyl (C=O) groups is 1. The molecular weight excluding hydrogens is 287 g/mol. The van der Waals surface area contributed by atoms with Gasteiger partial charge in [-0.1, -0.05) is 0 Å². The molecule has 1 aliphatic heterocycles.